The monoisotopic (exact) mass is 366 g/mol. The molecule has 0 amide bonds. The fourth-order valence-electron chi connectivity index (χ4n) is 3.23. The van der Waals surface area contributed by atoms with Crippen LogP contribution in [0.25, 0.3) is 5.57 Å². The Morgan fingerprint density at radius 2 is 1.41 bits per heavy atom. The molecule has 0 aliphatic rings. The maximum absolute atomic E-state index is 12.3. The second kappa shape index (κ2) is 10.3. The third-order valence-corrected chi connectivity index (χ3v) is 4.72. The number of rotatable bonds is 9. The summed E-state index contributed by atoms with van der Waals surface area (Å²) in [6, 6.07) is 19.8. The van der Waals surface area contributed by atoms with E-state index in [0.717, 1.165) is 23.1 Å². The van der Waals surface area contributed by atoms with Gasteiger partial charge in [-0.05, 0) is 41.9 Å². The van der Waals surface area contributed by atoms with E-state index < -0.39 is 17.9 Å². The Balaban J connectivity index is 2.23. The van der Waals surface area contributed by atoms with Crippen molar-refractivity contribution in [2.75, 3.05) is 14.2 Å². The molecule has 27 heavy (non-hydrogen) atoms. The summed E-state index contributed by atoms with van der Waals surface area (Å²) in [6.45, 7) is 4.17. The van der Waals surface area contributed by atoms with Gasteiger partial charge < -0.3 is 9.47 Å². The van der Waals surface area contributed by atoms with Crippen LogP contribution in [0.3, 0.4) is 0 Å². The highest BCUT2D eigenvalue weighted by Crippen LogP contribution is 2.31. The fourth-order valence-corrected chi connectivity index (χ4v) is 3.23. The number of methoxy groups -OCH3 is 2. The number of hydrogen-bond acceptors (Lipinski definition) is 4. The van der Waals surface area contributed by atoms with Crippen LogP contribution in [0.1, 0.15) is 24.0 Å². The average molecular weight is 366 g/mol. The average Bonchev–Trinajstić information content (AvgIpc) is 2.72. The molecule has 0 heterocycles. The van der Waals surface area contributed by atoms with Gasteiger partial charge in [-0.1, -0.05) is 67.2 Å². The number of hydrogen-bond donors (Lipinski definition) is 0. The lowest BCUT2D eigenvalue weighted by Gasteiger charge is -2.24. The zero-order chi connectivity index (χ0) is 19.6. The molecule has 1 unspecified atom stereocenters. The Bertz CT molecular complexity index is 736. The van der Waals surface area contributed by atoms with Gasteiger partial charge in [0.25, 0.3) is 0 Å². The van der Waals surface area contributed by atoms with E-state index >= 15 is 0 Å². The lowest BCUT2D eigenvalue weighted by Crippen LogP contribution is -2.34. The number of carbonyl (C=O) groups excluding carboxylic acids is 2. The Kier molecular flexibility index (Phi) is 7.80. The second-order valence-electron chi connectivity index (χ2n) is 6.48. The fraction of sp³-hybridized carbons (Fsp3) is 0.304. The first-order valence-corrected chi connectivity index (χ1v) is 8.99. The SMILES string of the molecule is C=C(CC(CCc1ccccc1)C(C(=O)OC)C(=O)OC)c1ccccc1. The van der Waals surface area contributed by atoms with Crippen molar-refractivity contribution in [1.82, 2.24) is 0 Å². The Hall–Kier alpha value is -2.88. The molecule has 0 aliphatic heterocycles. The van der Waals surface area contributed by atoms with Crippen molar-refractivity contribution in [3.8, 4) is 0 Å². The van der Waals surface area contributed by atoms with Crippen molar-refractivity contribution in [2.45, 2.75) is 19.3 Å². The molecule has 4 heteroatoms. The number of allylic oxidation sites excluding steroid dienone is 1. The maximum Gasteiger partial charge on any atom is 0.320 e. The summed E-state index contributed by atoms with van der Waals surface area (Å²) < 4.78 is 9.77. The highest BCUT2D eigenvalue weighted by molar-refractivity contribution is 5.95. The number of esters is 2. The van der Waals surface area contributed by atoms with Crippen LogP contribution in [0.15, 0.2) is 67.2 Å². The van der Waals surface area contributed by atoms with Gasteiger partial charge in [0.05, 0.1) is 14.2 Å². The third kappa shape index (κ3) is 5.81. The van der Waals surface area contributed by atoms with Crippen LogP contribution in [0.4, 0.5) is 0 Å². The van der Waals surface area contributed by atoms with Gasteiger partial charge in [0.2, 0.25) is 0 Å². The van der Waals surface area contributed by atoms with Gasteiger partial charge in [0, 0.05) is 0 Å². The summed E-state index contributed by atoms with van der Waals surface area (Å²) in [6.07, 6.45) is 1.90. The Morgan fingerprint density at radius 3 is 1.93 bits per heavy atom. The molecule has 2 aromatic rings. The summed E-state index contributed by atoms with van der Waals surface area (Å²) in [5, 5.41) is 0. The molecule has 4 nitrogen and oxygen atoms in total. The smallest absolute Gasteiger partial charge is 0.320 e. The Labute approximate surface area is 160 Å². The molecule has 0 bridgehead atoms. The lowest BCUT2D eigenvalue weighted by atomic mass is 9.81. The summed E-state index contributed by atoms with van der Waals surface area (Å²) in [4.78, 5) is 24.7. The summed E-state index contributed by atoms with van der Waals surface area (Å²) >= 11 is 0. The predicted molar refractivity (Wildman–Crippen MR) is 106 cm³/mol. The van der Waals surface area contributed by atoms with Crippen LogP contribution < -0.4 is 0 Å². The molecular formula is C23H26O4. The first-order chi connectivity index (χ1) is 13.1. The molecule has 0 saturated carbocycles. The van der Waals surface area contributed by atoms with Crippen LogP contribution >= 0.6 is 0 Å². The number of ether oxygens (including phenoxy) is 2. The molecule has 2 rings (SSSR count). The molecule has 1 atom stereocenters. The zero-order valence-corrected chi connectivity index (χ0v) is 15.9. The van der Waals surface area contributed by atoms with Crippen molar-refractivity contribution in [3.63, 3.8) is 0 Å². The summed E-state index contributed by atoms with van der Waals surface area (Å²) in [5.74, 6) is -2.37. The van der Waals surface area contributed by atoms with Gasteiger partial charge in [-0.25, -0.2) is 0 Å². The molecule has 0 N–H and O–H groups in total. The molecule has 0 radical (unpaired) electrons. The van der Waals surface area contributed by atoms with E-state index in [4.69, 9.17) is 9.47 Å². The van der Waals surface area contributed by atoms with Gasteiger partial charge in [0.1, 0.15) is 0 Å². The van der Waals surface area contributed by atoms with E-state index in [0.29, 0.717) is 12.8 Å². The molecule has 0 aliphatic carbocycles. The van der Waals surface area contributed by atoms with Crippen molar-refractivity contribution in [1.29, 1.82) is 0 Å². The topological polar surface area (TPSA) is 52.6 Å². The van der Waals surface area contributed by atoms with Crippen LogP contribution in [0.2, 0.25) is 0 Å². The van der Waals surface area contributed by atoms with Crippen LogP contribution in [0, 0.1) is 11.8 Å². The van der Waals surface area contributed by atoms with Crippen LogP contribution in [-0.4, -0.2) is 26.2 Å². The van der Waals surface area contributed by atoms with Gasteiger partial charge in [-0.2, -0.15) is 0 Å². The minimum absolute atomic E-state index is 0.266. The molecule has 0 fully saturated rings. The second-order valence-corrected chi connectivity index (χ2v) is 6.48. The summed E-state index contributed by atoms with van der Waals surface area (Å²) in [7, 11) is 2.58. The van der Waals surface area contributed by atoms with E-state index in [1.165, 1.54) is 14.2 Å². The van der Waals surface area contributed by atoms with Gasteiger partial charge in [-0.3, -0.25) is 9.59 Å². The van der Waals surface area contributed by atoms with E-state index in [9.17, 15) is 9.59 Å². The minimum Gasteiger partial charge on any atom is -0.468 e. The van der Waals surface area contributed by atoms with Gasteiger partial charge >= 0.3 is 11.9 Å². The summed E-state index contributed by atoms with van der Waals surface area (Å²) in [5.41, 5.74) is 3.03. The van der Waals surface area contributed by atoms with Crippen molar-refractivity contribution >= 4 is 17.5 Å². The van der Waals surface area contributed by atoms with Crippen molar-refractivity contribution in [2.24, 2.45) is 11.8 Å². The normalized spacial score (nSPS) is 11.7. The lowest BCUT2D eigenvalue weighted by molar-refractivity contribution is -0.161. The minimum atomic E-state index is -0.968. The van der Waals surface area contributed by atoms with E-state index in [-0.39, 0.29) is 5.92 Å². The maximum atomic E-state index is 12.3. The predicted octanol–water partition coefficient (Wildman–Crippen LogP) is 4.30. The highest BCUT2D eigenvalue weighted by Gasteiger charge is 2.36. The van der Waals surface area contributed by atoms with Crippen LogP contribution in [0.5, 0.6) is 0 Å². The van der Waals surface area contributed by atoms with Crippen LogP contribution in [-0.2, 0) is 25.5 Å². The molecule has 142 valence electrons. The molecule has 0 saturated heterocycles. The van der Waals surface area contributed by atoms with Gasteiger partial charge in [-0.15, -0.1) is 0 Å². The van der Waals surface area contributed by atoms with E-state index in [1.807, 2.05) is 60.7 Å². The molecular weight excluding hydrogens is 340 g/mol. The molecule has 2 aromatic carbocycles. The molecule has 0 spiro atoms. The molecule has 0 aromatic heterocycles. The first-order valence-electron chi connectivity index (χ1n) is 8.99. The quantitative estimate of drug-likeness (QED) is 0.490. The highest BCUT2D eigenvalue weighted by atomic mass is 16.5. The zero-order valence-electron chi connectivity index (χ0n) is 15.9. The number of aryl methyl sites for hydroxylation is 1. The van der Waals surface area contributed by atoms with Crippen molar-refractivity contribution in [3.05, 3.63) is 78.4 Å². The number of carbonyl (C=O) groups is 2. The Morgan fingerprint density at radius 1 is 0.889 bits per heavy atom. The van der Waals surface area contributed by atoms with E-state index in [2.05, 4.69) is 6.58 Å². The largest absolute Gasteiger partial charge is 0.468 e. The third-order valence-electron chi connectivity index (χ3n) is 4.72. The van der Waals surface area contributed by atoms with E-state index in [1.54, 1.807) is 0 Å². The van der Waals surface area contributed by atoms with Gasteiger partial charge in [0.15, 0.2) is 5.92 Å². The number of benzene rings is 2. The van der Waals surface area contributed by atoms with Crippen molar-refractivity contribution < 1.29 is 19.1 Å². The standard InChI is InChI=1S/C23H26O4/c1-17(19-12-8-5-9-13-19)16-20(15-14-18-10-6-4-7-11-18)21(22(24)26-2)23(25)27-3/h4-13,20-21H,1,14-16H2,2-3H3. The first kappa shape index (κ1) is 20.4.